The SMILES string of the molecule is COc1ccnc(C(=O)Nc2cccc(-c3cccc(NC(=O)c4cc(C)c(CN5CCCCC5)cn4)c3Cl)c2C)c1.O=CO. The molecule has 11 heteroatoms. The molecule has 2 aromatic carbocycles. The number of piperidine rings is 1. The highest BCUT2D eigenvalue weighted by atomic mass is 35.5. The average Bonchev–Trinajstić information content (AvgIpc) is 3.05. The summed E-state index contributed by atoms with van der Waals surface area (Å²) in [6, 6.07) is 16.2. The first-order valence-corrected chi connectivity index (χ1v) is 14.9. The van der Waals surface area contributed by atoms with Crippen molar-refractivity contribution in [2.45, 2.75) is 39.7 Å². The minimum atomic E-state index is -0.356. The van der Waals surface area contributed by atoms with Crippen molar-refractivity contribution in [1.82, 2.24) is 14.9 Å². The Morgan fingerprint density at radius 1 is 0.933 bits per heavy atom. The van der Waals surface area contributed by atoms with Gasteiger partial charge in [-0.2, -0.15) is 0 Å². The van der Waals surface area contributed by atoms with E-state index < -0.39 is 0 Å². The van der Waals surface area contributed by atoms with Crippen molar-refractivity contribution >= 4 is 41.3 Å². The van der Waals surface area contributed by atoms with E-state index in [-0.39, 0.29) is 24.0 Å². The van der Waals surface area contributed by atoms with Crippen LogP contribution in [0.3, 0.4) is 0 Å². The van der Waals surface area contributed by atoms with Crippen LogP contribution in [-0.4, -0.2) is 58.5 Å². The van der Waals surface area contributed by atoms with E-state index in [4.69, 9.17) is 26.2 Å². The zero-order valence-corrected chi connectivity index (χ0v) is 26.2. The second-order valence-corrected chi connectivity index (χ2v) is 11.0. The lowest BCUT2D eigenvalue weighted by Crippen LogP contribution is -2.29. The molecule has 3 heterocycles. The summed E-state index contributed by atoms with van der Waals surface area (Å²) in [5.41, 5.74) is 6.22. The topological polar surface area (TPSA) is 134 Å². The van der Waals surface area contributed by atoms with Gasteiger partial charge in [0.1, 0.15) is 17.1 Å². The molecule has 234 valence electrons. The number of ether oxygens (including phenoxy) is 1. The number of halogens is 1. The second kappa shape index (κ2) is 15.8. The summed E-state index contributed by atoms with van der Waals surface area (Å²) >= 11 is 6.85. The first-order valence-electron chi connectivity index (χ1n) is 14.5. The number of rotatable bonds is 8. The number of carboxylic acid groups (broad SMARTS) is 1. The maximum atomic E-state index is 13.2. The number of likely N-dealkylation sites (tertiary alicyclic amines) is 1. The molecular formula is C34H36ClN5O5. The number of aryl methyl sites for hydroxylation is 1. The van der Waals surface area contributed by atoms with Gasteiger partial charge in [0.05, 0.1) is 17.8 Å². The fraction of sp³-hybridized carbons (Fsp3) is 0.265. The Kier molecular flexibility index (Phi) is 11.6. The zero-order valence-electron chi connectivity index (χ0n) is 25.5. The van der Waals surface area contributed by atoms with Gasteiger partial charge in [-0.15, -0.1) is 0 Å². The molecule has 2 aromatic heterocycles. The van der Waals surface area contributed by atoms with Crippen molar-refractivity contribution in [3.63, 3.8) is 0 Å². The molecule has 0 aliphatic carbocycles. The van der Waals surface area contributed by atoms with Gasteiger partial charge < -0.3 is 20.5 Å². The van der Waals surface area contributed by atoms with Crippen molar-refractivity contribution in [1.29, 1.82) is 0 Å². The molecule has 1 saturated heterocycles. The van der Waals surface area contributed by atoms with Gasteiger partial charge in [-0.05, 0) is 86.3 Å². The third-order valence-corrected chi connectivity index (χ3v) is 8.02. The third-order valence-electron chi connectivity index (χ3n) is 7.61. The van der Waals surface area contributed by atoms with E-state index in [1.807, 2.05) is 50.2 Å². The number of anilines is 2. The average molecular weight is 630 g/mol. The molecule has 0 spiro atoms. The Morgan fingerprint density at radius 2 is 1.56 bits per heavy atom. The number of hydrogen-bond donors (Lipinski definition) is 3. The molecule has 4 aromatic rings. The monoisotopic (exact) mass is 629 g/mol. The minimum absolute atomic E-state index is 0.241. The number of nitrogens with zero attached hydrogens (tertiary/aromatic N) is 3. The number of carbonyl (C=O) groups is 3. The number of hydrogen-bond acceptors (Lipinski definition) is 7. The summed E-state index contributed by atoms with van der Waals surface area (Å²) in [7, 11) is 1.54. The molecule has 2 amide bonds. The number of nitrogens with one attached hydrogen (secondary N) is 2. The molecule has 0 unspecified atom stereocenters. The van der Waals surface area contributed by atoms with Crippen LogP contribution in [0.5, 0.6) is 5.75 Å². The summed E-state index contributed by atoms with van der Waals surface area (Å²) < 4.78 is 5.20. The van der Waals surface area contributed by atoms with Gasteiger partial charge in [-0.3, -0.25) is 29.3 Å². The molecule has 45 heavy (non-hydrogen) atoms. The molecular weight excluding hydrogens is 594 g/mol. The Labute approximate surface area is 267 Å². The Hall–Kier alpha value is -4.80. The lowest BCUT2D eigenvalue weighted by Gasteiger charge is -2.26. The maximum Gasteiger partial charge on any atom is 0.290 e. The number of amides is 2. The fourth-order valence-electron chi connectivity index (χ4n) is 5.17. The molecule has 1 aliphatic heterocycles. The number of methoxy groups -OCH3 is 1. The van der Waals surface area contributed by atoms with Crippen LogP contribution in [0, 0.1) is 13.8 Å². The molecule has 3 N–H and O–H groups in total. The number of benzene rings is 2. The highest BCUT2D eigenvalue weighted by Crippen LogP contribution is 2.37. The summed E-state index contributed by atoms with van der Waals surface area (Å²) in [5.74, 6) is -0.138. The number of aromatic nitrogens is 2. The van der Waals surface area contributed by atoms with Crippen LogP contribution in [0.15, 0.2) is 67.0 Å². The van der Waals surface area contributed by atoms with Crippen molar-refractivity contribution < 1.29 is 24.2 Å². The molecule has 0 atom stereocenters. The maximum absolute atomic E-state index is 13.2. The van der Waals surface area contributed by atoms with Gasteiger partial charge in [-0.25, -0.2) is 0 Å². The molecule has 0 bridgehead atoms. The van der Waals surface area contributed by atoms with E-state index in [0.717, 1.165) is 47.5 Å². The molecule has 5 rings (SSSR count). The van der Waals surface area contributed by atoms with E-state index in [1.165, 1.54) is 32.6 Å². The summed E-state index contributed by atoms with van der Waals surface area (Å²) in [6.45, 7) is 6.73. The molecule has 0 radical (unpaired) electrons. The Morgan fingerprint density at radius 3 is 2.22 bits per heavy atom. The van der Waals surface area contributed by atoms with E-state index in [9.17, 15) is 9.59 Å². The van der Waals surface area contributed by atoms with Crippen LogP contribution in [-0.2, 0) is 11.3 Å². The van der Waals surface area contributed by atoms with Crippen LogP contribution in [0.1, 0.15) is 56.9 Å². The molecule has 1 fully saturated rings. The second-order valence-electron chi connectivity index (χ2n) is 10.6. The van der Waals surface area contributed by atoms with Crippen molar-refractivity contribution in [3.05, 3.63) is 100 Å². The largest absolute Gasteiger partial charge is 0.497 e. The van der Waals surface area contributed by atoms with Crippen molar-refractivity contribution in [2.75, 3.05) is 30.8 Å². The smallest absolute Gasteiger partial charge is 0.290 e. The van der Waals surface area contributed by atoms with Gasteiger partial charge in [-0.1, -0.05) is 42.3 Å². The van der Waals surface area contributed by atoms with E-state index >= 15 is 0 Å². The van der Waals surface area contributed by atoms with Crippen LogP contribution in [0.2, 0.25) is 5.02 Å². The van der Waals surface area contributed by atoms with Gasteiger partial charge >= 0.3 is 0 Å². The number of carbonyl (C=O) groups excluding carboxylic acids is 2. The van der Waals surface area contributed by atoms with Crippen LogP contribution in [0.25, 0.3) is 11.1 Å². The van der Waals surface area contributed by atoms with Gasteiger partial charge in [0.15, 0.2) is 0 Å². The van der Waals surface area contributed by atoms with E-state index in [2.05, 4.69) is 25.5 Å². The van der Waals surface area contributed by atoms with Gasteiger partial charge in [0.2, 0.25) is 0 Å². The zero-order chi connectivity index (χ0) is 32.3. The fourth-order valence-corrected chi connectivity index (χ4v) is 5.44. The Balaban J connectivity index is 0.00000148. The normalized spacial score (nSPS) is 12.8. The number of pyridine rings is 2. The Bertz CT molecular complexity index is 1670. The predicted molar refractivity (Wildman–Crippen MR) is 175 cm³/mol. The predicted octanol–water partition coefficient (Wildman–Crippen LogP) is 6.61. The van der Waals surface area contributed by atoms with Crippen molar-refractivity contribution in [3.8, 4) is 16.9 Å². The van der Waals surface area contributed by atoms with Gasteiger partial charge in [0, 0.05) is 36.3 Å². The first-order chi connectivity index (χ1) is 21.7. The minimum Gasteiger partial charge on any atom is -0.497 e. The summed E-state index contributed by atoms with van der Waals surface area (Å²) in [6.07, 6.45) is 7.08. The van der Waals surface area contributed by atoms with Crippen molar-refractivity contribution in [2.24, 2.45) is 0 Å². The summed E-state index contributed by atoms with van der Waals surface area (Å²) in [4.78, 5) is 45.5. The van der Waals surface area contributed by atoms with Gasteiger partial charge in [0.25, 0.3) is 18.3 Å². The molecule has 1 aliphatic rings. The highest BCUT2D eigenvalue weighted by molar-refractivity contribution is 6.36. The molecule has 0 saturated carbocycles. The van der Waals surface area contributed by atoms with E-state index in [1.54, 1.807) is 24.4 Å². The van der Waals surface area contributed by atoms with Crippen LogP contribution < -0.4 is 15.4 Å². The lowest BCUT2D eigenvalue weighted by molar-refractivity contribution is -0.122. The van der Waals surface area contributed by atoms with E-state index in [0.29, 0.717) is 27.8 Å². The molecule has 10 nitrogen and oxygen atoms in total. The van der Waals surface area contributed by atoms with Crippen LogP contribution in [0.4, 0.5) is 11.4 Å². The lowest BCUT2D eigenvalue weighted by atomic mass is 9.98. The quantitative estimate of drug-likeness (QED) is 0.185. The first kappa shape index (κ1) is 33.1. The standard InChI is InChI=1S/C33H34ClN5O3.CH2O2/c1-21-17-29(36-19-23(21)20-39-15-5-4-6-16-39)32(40)38-28-12-8-10-26(31(28)34)25-9-7-11-27(22(25)2)37-33(41)30-18-24(42-3)13-14-35-30;2-1-3/h7-14,17-19H,4-6,15-16,20H2,1-3H3,(H,37,41)(H,38,40);1H,(H,2,3). The highest BCUT2D eigenvalue weighted by Gasteiger charge is 2.18. The van der Waals surface area contributed by atoms with Crippen LogP contribution >= 0.6 is 11.6 Å². The summed E-state index contributed by atoms with van der Waals surface area (Å²) in [5, 5.41) is 13.1. The third kappa shape index (κ3) is 8.43.